The molecule has 0 saturated carbocycles. The molecule has 1 heterocycles. The largest absolute Gasteiger partial charge is 0.369 e. The van der Waals surface area contributed by atoms with Crippen LogP contribution in [0.5, 0.6) is 0 Å². The van der Waals surface area contributed by atoms with Crippen LogP contribution in [-0.2, 0) is 22.9 Å². The van der Waals surface area contributed by atoms with Crippen molar-refractivity contribution in [1.29, 1.82) is 0 Å². The SMILES string of the molecule is Cc1ccc(C)c(S(=O)(=O)N[C@@H]2CCc3c(C)ccc(N4CCN(C)CC4)c3C2)c1. The van der Waals surface area contributed by atoms with Crippen molar-refractivity contribution in [3.63, 3.8) is 0 Å². The molecule has 0 unspecified atom stereocenters. The van der Waals surface area contributed by atoms with E-state index in [1.807, 2.05) is 26.0 Å². The summed E-state index contributed by atoms with van der Waals surface area (Å²) in [5.41, 5.74) is 7.10. The maximum atomic E-state index is 13.1. The first-order valence-corrected chi connectivity index (χ1v) is 12.4. The maximum absolute atomic E-state index is 13.1. The van der Waals surface area contributed by atoms with Crippen LogP contribution < -0.4 is 9.62 Å². The fourth-order valence-corrected chi connectivity index (χ4v) is 6.36. The highest BCUT2D eigenvalue weighted by molar-refractivity contribution is 7.89. The van der Waals surface area contributed by atoms with Crippen LogP contribution in [0.25, 0.3) is 0 Å². The van der Waals surface area contributed by atoms with E-state index >= 15 is 0 Å². The third-order valence-electron chi connectivity index (χ3n) is 6.63. The number of sulfonamides is 1. The molecule has 0 amide bonds. The van der Waals surface area contributed by atoms with E-state index in [4.69, 9.17) is 0 Å². The quantitative estimate of drug-likeness (QED) is 0.814. The number of nitrogens with one attached hydrogen (secondary N) is 1. The molecule has 1 saturated heterocycles. The molecule has 1 fully saturated rings. The second-order valence-corrected chi connectivity index (χ2v) is 10.7. The van der Waals surface area contributed by atoms with Gasteiger partial charge >= 0.3 is 0 Å². The zero-order valence-electron chi connectivity index (χ0n) is 18.5. The fourth-order valence-electron chi connectivity index (χ4n) is 4.76. The summed E-state index contributed by atoms with van der Waals surface area (Å²) in [6, 6.07) is 10.0. The molecule has 2 aromatic rings. The van der Waals surface area contributed by atoms with Gasteiger partial charge in [0.05, 0.1) is 4.90 Å². The second kappa shape index (κ2) is 8.33. The molecule has 6 heteroatoms. The van der Waals surface area contributed by atoms with Gasteiger partial charge in [-0.1, -0.05) is 18.2 Å². The molecule has 162 valence electrons. The lowest BCUT2D eigenvalue weighted by Crippen LogP contribution is -2.45. The molecule has 0 bridgehead atoms. The summed E-state index contributed by atoms with van der Waals surface area (Å²) < 4.78 is 29.3. The monoisotopic (exact) mass is 427 g/mol. The van der Waals surface area contributed by atoms with Gasteiger partial charge in [-0.3, -0.25) is 0 Å². The highest BCUT2D eigenvalue weighted by Gasteiger charge is 2.29. The van der Waals surface area contributed by atoms with Gasteiger partial charge in [0.25, 0.3) is 0 Å². The molecule has 2 aliphatic rings. The first-order chi connectivity index (χ1) is 14.2. The van der Waals surface area contributed by atoms with Gasteiger partial charge in [-0.05, 0) is 87.0 Å². The lowest BCUT2D eigenvalue weighted by molar-refractivity contribution is 0.312. The summed E-state index contributed by atoms with van der Waals surface area (Å²) in [6.45, 7) is 10.1. The van der Waals surface area contributed by atoms with Gasteiger partial charge in [0.2, 0.25) is 10.0 Å². The second-order valence-electron chi connectivity index (χ2n) is 8.98. The maximum Gasteiger partial charge on any atom is 0.241 e. The Kier molecular flexibility index (Phi) is 5.93. The number of anilines is 1. The van der Waals surface area contributed by atoms with Crippen molar-refractivity contribution in [2.24, 2.45) is 0 Å². The minimum atomic E-state index is -3.54. The first-order valence-electron chi connectivity index (χ1n) is 10.9. The Hall–Kier alpha value is -1.89. The van der Waals surface area contributed by atoms with Gasteiger partial charge in [0.15, 0.2) is 0 Å². The molecule has 5 nitrogen and oxygen atoms in total. The molecule has 1 aliphatic heterocycles. The van der Waals surface area contributed by atoms with Crippen molar-refractivity contribution in [2.75, 3.05) is 38.1 Å². The topological polar surface area (TPSA) is 52.7 Å². The molecule has 0 aromatic heterocycles. The number of hydrogen-bond acceptors (Lipinski definition) is 4. The van der Waals surface area contributed by atoms with Crippen molar-refractivity contribution < 1.29 is 8.42 Å². The highest BCUT2D eigenvalue weighted by Crippen LogP contribution is 2.34. The lowest BCUT2D eigenvalue weighted by Gasteiger charge is -2.37. The minimum Gasteiger partial charge on any atom is -0.369 e. The number of benzene rings is 2. The fraction of sp³-hybridized carbons (Fsp3) is 0.500. The van der Waals surface area contributed by atoms with Gasteiger partial charge in [-0.25, -0.2) is 13.1 Å². The Morgan fingerprint density at radius 3 is 2.37 bits per heavy atom. The number of nitrogens with zero attached hydrogens (tertiary/aromatic N) is 2. The summed E-state index contributed by atoms with van der Waals surface area (Å²) in [7, 11) is -1.37. The molecule has 2 aromatic carbocycles. The molecule has 0 radical (unpaired) electrons. The molecule has 30 heavy (non-hydrogen) atoms. The smallest absolute Gasteiger partial charge is 0.241 e. The molecule has 1 N–H and O–H groups in total. The summed E-state index contributed by atoms with van der Waals surface area (Å²) >= 11 is 0. The van der Waals surface area contributed by atoms with E-state index in [2.05, 4.69) is 40.6 Å². The number of piperazine rings is 1. The summed E-state index contributed by atoms with van der Waals surface area (Å²) in [4.78, 5) is 5.23. The third kappa shape index (κ3) is 4.27. The van der Waals surface area contributed by atoms with Crippen molar-refractivity contribution in [3.8, 4) is 0 Å². The van der Waals surface area contributed by atoms with Crippen molar-refractivity contribution in [2.45, 2.75) is 51.0 Å². The standard InChI is InChI=1S/C24H33N3O2S/c1-17-5-6-19(3)24(15-17)30(28,29)25-20-8-9-21-18(2)7-10-23(22(21)16-20)27-13-11-26(4)12-14-27/h5-7,10,15,20,25H,8-9,11-14,16H2,1-4H3/t20-/m1/s1. The van der Waals surface area contributed by atoms with E-state index in [0.29, 0.717) is 4.90 Å². The van der Waals surface area contributed by atoms with Crippen molar-refractivity contribution in [1.82, 2.24) is 9.62 Å². The Balaban J connectivity index is 1.60. The molecule has 0 spiro atoms. The van der Waals surface area contributed by atoms with Crippen LogP contribution in [0.2, 0.25) is 0 Å². The Morgan fingerprint density at radius 2 is 1.63 bits per heavy atom. The number of fused-ring (bicyclic) bond motifs is 1. The predicted octanol–water partition coefficient (Wildman–Crippen LogP) is 3.20. The van der Waals surface area contributed by atoms with Crippen LogP contribution >= 0.6 is 0 Å². The van der Waals surface area contributed by atoms with E-state index in [9.17, 15) is 8.42 Å². The summed E-state index contributed by atoms with van der Waals surface area (Å²) in [5, 5.41) is 0. The average molecular weight is 428 g/mol. The van der Waals surface area contributed by atoms with Crippen LogP contribution in [0.3, 0.4) is 0 Å². The van der Waals surface area contributed by atoms with E-state index in [0.717, 1.165) is 56.6 Å². The van der Waals surface area contributed by atoms with Crippen LogP contribution in [-0.4, -0.2) is 52.6 Å². The molecule has 1 aliphatic carbocycles. The van der Waals surface area contributed by atoms with Gasteiger partial charge < -0.3 is 9.80 Å². The van der Waals surface area contributed by atoms with Gasteiger partial charge in [0.1, 0.15) is 0 Å². The van der Waals surface area contributed by atoms with Gasteiger partial charge in [-0.2, -0.15) is 0 Å². The average Bonchev–Trinajstić information content (AvgIpc) is 2.70. The molecule has 4 rings (SSSR count). The highest BCUT2D eigenvalue weighted by atomic mass is 32.2. The third-order valence-corrected chi connectivity index (χ3v) is 8.30. The van der Waals surface area contributed by atoms with Crippen molar-refractivity contribution in [3.05, 3.63) is 58.1 Å². The number of likely N-dealkylation sites (N-methyl/N-ethyl adjacent to an activating group) is 1. The Bertz CT molecular complexity index is 1040. The van der Waals surface area contributed by atoms with Crippen molar-refractivity contribution >= 4 is 15.7 Å². The predicted molar refractivity (Wildman–Crippen MR) is 123 cm³/mol. The van der Waals surface area contributed by atoms with E-state index in [1.165, 1.54) is 22.4 Å². The van der Waals surface area contributed by atoms with Gasteiger partial charge in [0, 0.05) is 37.9 Å². The molecule has 1 atom stereocenters. The van der Waals surface area contributed by atoms with Crippen LogP contribution in [0.1, 0.15) is 34.2 Å². The first kappa shape index (κ1) is 21.3. The summed E-state index contributed by atoms with van der Waals surface area (Å²) in [6.07, 6.45) is 2.51. The Morgan fingerprint density at radius 1 is 0.933 bits per heavy atom. The normalized spacial score (nSPS) is 20.3. The summed E-state index contributed by atoms with van der Waals surface area (Å²) in [5.74, 6) is 0. The zero-order valence-corrected chi connectivity index (χ0v) is 19.3. The Labute approximate surface area is 181 Å². The van der Waals surface area contributed by atoms with Crippen LogP contribution in [0, 0.1) is 20.8 Å². The lowest BCUT2D eigenvalue weighted by atomic mass is 9.84. The zero-order chi connectivity index (χ0) is 21.5. The number of hydrogen-bond donors (Lipinski definition) is 1. The van der Waals surface area contributed by atoms with E-state index in [-0.39, 0.29) is 6.04 Å². The number of rotatable bonds is 4. The molecular formula is C24H33N3O2S. The molecular weight excluding hydrogens is 394 g/mol. The number of aryl methyl sites for hydroxylation is 3. The minimum absolute atomic E-state index is 0.0737. The van der Waals surface area contributed by atoms with Crippen LogP contribution in [0.4, 0.5) is 5.69 Å². The van der Waals surface area contributed by atoms with E-state index in [1.54, 1.807) is 6.07 Å². The van der Waals surface area contributed by atoms with Crippen LogP contribution in [0.15, 0.2) is 35.2 Å². The van der Waals surface area contributed by atoms with Gasteiger partial charge in [-0.15, -0.1) is 0 Å². The van der Waals surface area contributed by atoms with E-state index < -0.39 is 10.0 Å².